The molecule has 1 aliphatic rings. The normalized spacial score (nSPS) is 13.6. The Balaban J connectivity index is 1.67. The summed E-state index contributed by atoms with van der Waals surface area (Å²) in [4.78, 5) is 19.8. The molecule has 28 heavy (non-hydrogen) atoms. The molecule has 5 heteroatoms. The zero-order valence-corrected chi connectivity index (χ0v) is 15.8. The van der Waals surface area contributed by atoms with Crippen LogP contribution in [0, 0.1) is 5.82 Å². The van der Waals surface area contributed by atoms with E-state index in [1.165, 1.54) is 17.7 Å². The minimum Gasteiger partial charge on any atom is -0.337 e. The molecule has 144 valence electrons. The summed E-state index contributed by atoms with van der Waals surface area (Å²) in [5, 5.41) is 0.566. The summed E-state index contributed by atoms with van der Waals surface area (Å²) in [7, 11) is 0. The number of fused-ring (bicyclic) bond motifs is 1. The molecule has 1 fully saturated rings. The Labute approximate surface area is 164 Å². The Morgan fingerprint density at radius 3 is 2.61 bits per heavy atom. The molecule has 1 amide bonds. The number of carbonyl (C=O) groups is 1. The molecule has 2 aromatic carbocycles. The molecule has 4 rings (SSSR count). The predicted molar refractivity (Wildman–Crippen MR) is 109 cm³/mol. The van der Waals surface area contributed by atoms with E-state index in [1.54, 1.807) is 11.0 Å². The number of carbonyl (C=O) groups excluding carboxylic acids is 1. The molecule has 1 aliphatic carbocycles. The van der Waals surface area contributed by atoms with Crippen LogP contribution in [0.5, 0.6) is 0 Å². The molecule has 1 heterocycles. The molecule has 0 atom stereocenters. The van der Waals surface area contributed by atoms with E-state index in [0.717, 1.165) is 25.0 Å². The van der Waals surface area contributed by atoms with Crippen LogP contribution in [-0.2, 0) is 6.42 Å². The van der Waals surface area contributed by atoms with E-state index in [-0.39, 0.29) is 11.7 Å². The van der Waals surface area contributed by atoms with Crippen LogP contribution >= 0.6 is 0 Å². The van der Waals surface area contributed by atoms with Gasteiger partial charge in [-0.15, -0.1) is 0 Å². The number of nitrogens with zero attached hydrogens (tertiary/aromatic N) is 2. The van der Waals surface area contributed by atoms with Crippen molar-refractivity contribution in [1.29, 1.82) is 0 Å². The monoisotopic (exact) mass is 377 g/mol. The van der Waals surface area contributed by atoms with Crippen molar-refractivity contribution in [2.45, 2.75) is 25.2 Å². The van der Waals surface area contributed by atoms with Crippen LogP contribution < -0.4 is 5.73 Å². The van der Waals surface area contributed by atoms with Crippen molar-refractivity contribution in [3.8, 4) is 0 Å². The highest BCUT2D eigenvalue weighted by molar-refractivity contribution is 6.06. The largest absolute Gasteiger partial charge is 0.337 e. The quantitative estimate of drug-likeness (QED) is 0.679. The van der Waals surface area contributed by atoms with Crippen LogP contribution in [0.1, 0.15) is 40.4 Å². The van der Waals surface area contributed by atoms with Crippen LogP contribution in [0.25, 0.3) is 10.9 Å². The smallest absolute Gasteiger partial charge is 0.254 e. The van der Waals surface area contributed by atoms with Crippen molar-refractivity contribution < 1.29 is 9.18 Å². The number of nitrogens with two attached hydrogens (primary N) is 1. The molecule has 2 N–H and O–H groups in total. The topological polar surface area (TPSA) is 59.2 Å². The average Bonchev–Trinajstić information content (AvgIpc) is 3.56. The molecule has 3 aromatic rings. The van der Waals surface area contributed by atoms with Crippen molar-refractivity contribution in [2.75, 3.05) is 19.6 Å². The van der Waals surface area contributed by atoms with Gasteiger partial charge in [0.25, 0.3) is 5.91 Å². The molecule has 1 aromatic heterocycles. The van der Waals surface area contributed by atoms with E-state index in [4.69, 9.17) is 5.73 Å². The average molecular weight is 377 g/mol. The first-order valence-corrected chi connectivity index (χ1v) is 9.79. The van der Waals surface area contributed by atoms with E-state index in [0.29, 0.717) is 42.0 Å². The van der Waals surface area contributed by atoms with Gasteiger partial charge in [0.05, 0.1) is 11.1 Å². The third-order valence-electron chi connectivity index (χ3n) is 5.22. The van der Waals surface area contributed by atoms with Crippen molar-refractivity contribution in [1.82, 2.24) is 9.88 Å². The fourth-order valence-electron chi connectivity index (χ4n) is 3.53. The summed E-state index contributed by atoms with van der Waals surface area (Å²) in [6.07, 6.45) is 2.93. The molecule has 0 bridgehead atoms. The highest BCUT2D eigenvalue weighted by Gasteiger charge is 2.28. The van der Waals surface area contributed by atoms with E-state index in [1.807, 2.05) is 36.4 Å². The molecule has 0 radical (unpaired) electrons. The number of hydrogen-bond acceptors (Lipinski definition) is 3. The zero-order valence-electron chi connectivity index (χ0n) is 15.8. The lowest BCUT2D eigenvalue weighted by molar-refractivity contribution is 0.0764. The number of amides is 1. The van der Waals surface area contributed by atoms with Crippen LogP contribution in [-0.4, -0.2) is 35.4 Å². The van der Waals surface area contributed by atoms with Gasteiger partial charge in [-0.2, -0.15) is 0 Å². The Morgan fingerprint density at radius 2 is 1.89 bits per heavy atom. The lowest BCUT2D eigenvalue weighted by Gasteiger charge is -2.23. The highest BCUT2D eigenvalue weighted by atomic mass is 19.1. The summed E-state index contributed by atoms with van der Waals surface area (Å²) in [6.45, 7) is 1.41. The zero-order chi connectivity index (χ0) is 19.5. The summed E-state index contributed by atoms with van der Waals surface area (Å²) < 4.78 is 13.9. The van der Waals surface area contributed by atoms with Gasteiger partial charge in [0, 0.05) is 36.6 Å². The van der Waals surface area contributed by atoms with Crippen molar-refractivity contribution in [3.05, 3.63) is 77.2 Å². The minimum atomic E-state index is -0.364. The first-order valence-electron chi connectivity index (χ1n) is 9.79. The lowest BCUT2D eigenvalue weighted by Crippen LogP contribution is -2.37. The van der Waals surface area contributed by atoms with E-state index in [2.05, 4.69) is 4.98 Å². The number of aromatic nitrogens is 1. The molecule has 0 unspecified atom stereocenters. The molecule has 0 spiro atoms. The second-order valence-corrected chi connectivity index (χ2v) is 7.35. The van der Waals surface area contributed by atoms with Crippen LogP contribution in [0.4, 0.5) is 4.39 Å². The molecule has 0 aliphatic heterocycles. The van der Waals surface area contributed by atoms with Gasteiger partial charge >= 0.3 is 0 Å². The standard InChI is InChI=1S/C23H24FN3O/c24-18-8-9-21-19(14-18)20(15-22(26-21)17-6-7-17)23(28)27(13-11-25)12-10-16-4-2-1-3-5-16/h1-5,8-9,14-15,17H,6-7,10-13,25H2. The molecule has 4 nitrogen and oxygen atoms in total. The third-order valence-corrected chi connectivity index (χ3v) is 5.22. The maximum Gasteiger partial charge on any atom is 0.254 e. The maximum absolute atomic E-state index is 13.9. The van der Waals surface area contributed by atoms with E-state index < -0.39 is 0 Å². The van der Waals surface area contributed by atoms with Crippen molar-refractivity contribution in [2.24, 2.45) is 5.73 Å². The first kappa shape index (κ1) is 18.6. The number of rotatable bonds is 7. The Hall–Kier alpha value is -2.79. The van der Waals surface area contributed by atoms with Gasteiger partial charge in [0.15, 0.2) is 0 Å². The van der Waals surface area contributed by atoms with Gasteiger partial charge in [0.2, 0.25) is 0 Å². The minimum absolute atomic E-state index is 0.110. The van der Waals surface area contributed by atoms with Gasteiger partial charge < -0.3 is 10.6 Å². The van der Waals surface area contributed by atoms with Crippen molar-refractivity contribution in [3.63, 3.8) is 0 Å². The van der Waals surface area contributed by atoms with Gasteiger partial charge in [-0.05, 0) is 49.1 Å². The van der Waals surface area contributed by atoms with Crippen LogP contribution in [0.3, 0.4) is 0 Å². The van der Waals surface area contributed by atoms with E-state index >= 15 is 0 Å². The summed E-state index contributed by atoms with van der Waals surface area (Å²) >= 11 is 0. The Kier molecular flexibility index (Phi) is 5.35. The van der Waals surface area contributed by atoms with Crippen LogP contribution in [0.15, 0.2) is 54.6 Å². The Morgan fingerprint density at radius 1 is 1.11 bits per heavy atom. The Bertz CT molecular complexity index is 986. The second-order valence-electron chi connectivity index (χ2n) is 7.35. The fraction of sp³-hybridized carbons (Fsp3) is 0.304. The number of halogens is 1. The van der Waals surface area contributed by atoms with Crippen molar-refractivity contribution >= 4 is 16.8 Å². The lowest BCUT2D eigenvalue weighted by atomic mass is 10.0. The maximum atomic E-state index is 13.9. The van der Waals surface area contributed by atoms with Crippen LogP contribution in [0.2, 0.25) is 0 Å². The fourth-order valence-corrected chi connectivity index (χ4v) is 3.53. The predicted octanol–water partition coefficient (Wildman–Crippen LogP) is 3.89. The number of benzene rings is 2. The van der Waals surface area contributed by atoms with Gasteiger partial charge in [0.1, 0.15) is 5.82 Å². The highest BCUT2D eigenvalue weighted by Crippen LogP contribution is 2.40. The number of pyridine rings is 1. The van der Waals surface area contributed by atoms with Gasteiger partial charge in [-0.1, -0.05) is 30.3 Å². The summed E-state index contributed by atoms with van der Waals surface area (Å²) in [5.74, 6) is -0.0632. The molecular formula is C23H24FN3O. The van der Waals surface area contributed by atoms with E-state index in [9.17, 15) is 9.18 Å². The third kappa shape index (κ3) is 4.04. The summed E-state index contributed by atoms with van der Waals surface area (Å²) in [6, 6.07) is 16.4. The number of hydrogen-bond donors (Lipinski definition) is 1. The molecular weight excluding hydrogens is 353 g/mol. The van der Waals surface area contributed by atoms with Gasteiger partial charge in [-0.3, -0.25) is 9.78 Å². The van der Waals surface area contributed by atoms with Gasteiger partial charge in [-0.25, -0.2) is 4.39 Å². The molecule has 1 saturated carbocycles. The SMILES string of the molecule is NCCN(CCc1ccccc1)C(=O)c1cc(C2CC2)nc2ccc(F)cc12. The second kappa shape index (κ2) is 8.07. The summed E-state index contributed by atoms with van der Waals surface area (Å²) in [5.41, 5.74) is 9.06. The molecule has 0 saturated heterocycles. The first-order chi connectivity index (χ1) is 13.7.